The van der Waals surface area contributed by atoms with Crippen molar-refractivity contribution < 1.29 is 22.7 Å². The van der Waals surface area contributed by atoms with Crippen LogP contribution in [0, 0.1) is 0 Å². The number of nitrogens with zero attached hydrogens (tertiary/aromatic N) is 2. The van der Waals surface area contributed by atoms with Gasteiger partial charge < -0.3 is 15.0 Å². The Hall–Kier alpha value is -2.78. The number of carbonyl (C=O) groups is 2. The van der Waals surface area contributed by atoms with E-state index in [1.54, 1.807) is 37.3 Å². The Bertz CT molecular complexity index is 1110. The third-order valence-electron chi connectivity index (χ3n) is 4.95. The number of nitrogens with one attached hydrogen (secondary N) is 1. The minimum absolute atomic E-state index is 0.0903. The van der Waals surface area contributed by atoms with Crippen LogP contribution in [-0.2, 0) is 26.2 Å². The SMILES string of the molecule is COc1cccc(CN(C(=O)CN(c2ccc(Cl)cc2)S(C)(=O)=O)[C@H](C)C(=O)NC(C)(C)C)c1. The highest BCUT2D eigenvalue weighted by Gasteiger charge is 2.31. The largest absolute Gasteiger partial charge is 0.497 e. The van der Waals surface area contributed by atoms with E-state index in [4.69, 9.17) is 16.3 Å². The molecule has 0 bridgehead atoms. The number of benzene rings is 2. The molecule has 2 rings (SSSR count). The number of rotatable bonds is 9. The third-order valence-corrected chi connectivity index (χ3v) is 6.34. The van der Waals surface area contributed by atoms with Crippen LogP contribution in [0.5, 0.6) is 5.75 Å². The second kappa shape index (κ2) is 11.1. The second-order valence-electron chi connectivity index (χ2n) is 9.03. The van der Waals surface area contributed by atoms with Gasteiger partial charge in [0.05, 0.1) is 19.1 Å². The van der Waals surface area contributed by atoms with Gasteiger partial charge in [0.15, 0.2) is 0 Å². The zero-order valence-corrected chi connectivity index (χ0v) is 21.9. The number of anilines is 1. The van der Waals surface area contributed by atoms with Crippen molar-refractivity contribution in [3.05, 3.63) is 59.1 Å². The fraction of sp³-hybridized carbons (Fsp3) is 0.417. The van der Waals surface area contributed by atoms with E-state index >= 15 is 0 Å². The molecule has 0 aliphatic rings. The van der Waals surface area contributed by atoms with E-state index in [1.807, 2.05) is 26.8 Å². The zero-order valence-electron chi connectivity index (χ0n) is 20.3. The summed E-state index contributed by atoms with van der Waals surface area (Å²) in [4.78, 5) is 27.8. The molecular weight excluding hydrogens is 478 g/mol. The summed E-state index contributed by atoms with van der Waals surface area (Å²) in [5.74, 6) is -0.267. The summed E-state index contributed by atoms with van der Waals surface area (Å²) in [5, 5.41) is 3.32. The molecular formula is C24H32ClN3O5S. The summed E-state index contributed by atoms with van der Waals surface area (Å²) < 4.78 is 31.3. The molecule has 8 nitrogen and oxygen atoms in total. The Kier molecular flexibility index (Phi) is 8.96. The number of ether oxygens (including phenoxy) is 1. The van der Waals surface area contributed by atoms with Gasteiger partial charge in [0.1, 0.15) is 18.3 Å². The number of hydrogen-bond donors (Lipinski definition) is 1. The van der Waals surface area contributed by atoms with E-state index in [0.717, 1.165) is 16.1 Å². The number of sulfonamides is 1. The van der Waals surface area contributed by atoms with Gasteiger partial charge in [0.25, 0.3) is 0 Å². The maximum atomic E-state index is 13.5. The van der Waals surface area contributed by atoms with Gasteiger partial charge >= 0.3 is 0 Å². The van der Waals surface area contributed by atoms with Gasteiger partial charge in [0.2, 0.25) is 21.8 Å². The second-order valence-corrected chi connectivity index (χ2v) is 11.4. The summed E-state index contributed by atoms with van der Waals surface area (Å²) in [6.07, 6.45) is 1.02. The summed E-state index contributed by atoms with van der Waals surface area (Å²) in [7, 11) is -2.26. The molecule has 0 saturated carbocycles. The first-order valence-electron chi connectivity index (χ1n) is 10.7. The summed E-state index contributed by atoms with van der Waals surface area (Å²) >= 11 is 5.93. The lowest BCUT2D eigenvalue weighted by Crippen LogP contribution is -2.54. The van der Waals surface area contributed by atoms with Crippen molar-refractivity contribution in [2.24, 2.45) is 0 Å². The fourth-order valence-electron chi connectivity index (χ4n) is 3.25. The normalized spacial score (nSPS) is 12.6. The van der Waals surface area contributed by atoms with Crippen LogP contribution in [-0.4, -0.2) is 56.6 Å². The molecule has 10 heteroatoms. The molecule has 1 N–H and O–H groups in total. The minimum atomic E-state index is -3.80. The molecule has 0 aliphatic carbocycles. The van der Waals surface area contributed by atoms with Crippen molar-refractivity contribution in [1.29, 1.82) is 0 Å². The zero-order chi connectivity index (χ0) is 25.7. The molecule has 0 aromatic heterocycles. The number of carbonyl (C=O) groups excluding carboxylic acids is 2. The summed E-state index contributed by atoms with van der Waals surface area (Å²) in [5.41, 5.74) is 0.534. The van der Waals surface area contributed by atoms with E-state index in [-0.39, 0.29) is 12.5 Å². The van der Waals surface area contributed by atoms with Gasteiger partial charge in [-0.3, -0.25) is 13.9 Å². The van der Waals surface area contributed by atoms with Crippen molar-refractivity contribution in [2.75, 3.05) is 24.2 Å². The lowest BCUT2D eigenvalue weighted by Gasteiger charge is -2.33. The first kappa shape index (κ1) is 27.5. The number of hydrogen-bond acceptors (Lipinski definition) is 5. The van der Waals surface area contributed by atoms with E-state index in [9.17, 15) is 18.0 Å². The highest BCUT2D eigenvalue weighted by Crippen LogP contribution is 2.22. The summed E-state index contributed by atoms with van der Waals surface area (Å²) in [6.45, 7) is 6.77. The Balaban J connectivity index is 2.41. The van der Waals surface area contributed by atoms with E-state index in [2.05, 4.69) is 5.32 Å². The Morgan fingerprint density at radius 1 is 1.12 bits per heavy atom. The molecule has 0 fully saturated rings. The molecule has 2 aromatic carbocycles. The third kappa shape index (κ3) is 7.92. The molecule has 0 spiro atoms. The van der Waals surface area contributed by atoms with Gasteiger partial charge in [-0.15, -0.1) is 0 Å². The van der Waals surface area contributed by atoms with Crippen LogP contribution in [0.25, 0.3) is 0 Å². The maximum Gasteiger partial charge on any atom is 0.244 e. The van der Waals surface area contributed by atoms with Crippen LogP contribution in [0.3, 0.4) is 0 Å². The average molecular weight is 510 g/mol. The molecule has 0 unspecified atom stereocenters. The molecule has 186 valence electrons. The van der Waals surface area contributed by atoms with Crippen molar-refractivity contribution in [3.8, 4) is 5.75 Å². The molecule has 34 heavy (non-hydrogen) atoms. The lowest BCUT2D eigenvalue weighted by atomic mass is 10.1. The van der Waals surface area contributed by atoms with Crippen LogP contribution >= 0.6 is 11.6 Å². The average Bonchev–Trinajstić information content (AvgIpc) is 2.74. The van der Waals surface area contributed by atoms with Crippen LogP contribution < -0.4 is 14.4 Å². The van der Waals surface area contributed by atoms with Crippen LogP contribution in [0.15, 0.2) is 48.5 Å². The Morgan fingerprint density at radius 3 is 2.26 bits per heavy atom. The van der Waals surface area contributed by atoms with Crippen molar-refractivity contribution >= 4 is 39.1 Å². The maximum absolute atomic E-state index is 13.5. The summed E-state index contributed by atoms with van der Waals surface area (Å²) in [6, 6.07) is 12.4. The smallest absolute Gasteiger partial charge is 0.244 e. The van der Waals surface area contributed by atoms with Gasteiger partial charge in [-0.25, -0.2) is 8.42 Å². The van der Waals surface area contributed by atoms with Crippen LogP contribution in [0.2, 0.25) is 5.02 Å². The molecule has 2 amide bonds. The van der Waals surface area contributed by atoms with Gasteiger partial charge in [-0.2, -0.15) is 0 Å². The predicted octanol–water partition coefficient (Wildman–Crippen LogP) is 3.45. The first-order valence-corrected chi connectivity index (χ1v) is 12.9. The number of methoxy groups -OCH3 is 1. The highest BCUT2D eigenvalue weighted by molar-refractivity contribution is 7.92. The monoisotopic (exact) mass is 509 g/mol. The molecule has 1 atom stereocenters. The highest BCUT2D eigenvalue weighted by atomic mass is 35.5. The van der Waals surface area contributed by atoms with Crippen molar-refractivity contribution in [1.82, 2.24) is 10.2 Å². The van der Waals surface area contributed by atoms with Crippen molar-refractivity contribution in [3.63, 3.8) is 0 Å². The standard InChI is InChI=1S/C24H32ClN3O5S/c1-17(23(30)26-24(2,3)4)27(15-18-8-7-9-21(14-18)33-5)22(29)16-28(34(6,31)32)20-12-10-19(25)11-13-20/h7-14,17H,15-16H2,1-6H3,(H,26,30)/t17-/m1/s1. The topological polar surface area (TPSA) is 96.0 Å². The van der Waals surface area contributed by atoms with Gasteiger partial charge in [0, 0.05) is 17.1 Å². The van der Waals surface area contributed by atoms with Gasteiger partial charge in [-0.1, -0.05) is 23.7 Å². The fourth-order valence-corrected chi connectivity index (χ4v) is 4.22. The van der Waals surface area contributed by atoms with Gasteiger partial charge in [-0.05, 0) is 69.7 Å². The number of halogens is 1. The molecule has 0 aliphatic heterocycles. The van der Waals surface area contributed by atoms with Crippen molar-refractivity contribution in [2.45, 2.75) is 45.8 Å². The first-order chi connectivity index (χ1) is 15.7. The quantitative estimate of drug-likeness (QED) is 0.558. The Labute approximate surface area is 206 Å². The predicted molar refractivity (Wildman–Crippen MR) is 135 cm³/mol. The minimum Gasteiger partial charge on any atom is -0.497 e. The van der Waals surface area contributed by atoms with E-state index < -0.39 is 34.1 Å². The molecule has 2 aromatic rings. The van der Waals surface area contributed by atoms with Crippen LogP contribution in [0.1, 0.15) is 33.3 Å². The molecule has 0 radical (unpaired) electrons. The van der Waals surface area contributed by atoms with E-state index in [0.29, 0.717) is 16.5 Å². The number of amides is 2. The lowest BCUT2D eigenvalue weighted by molar-refractivity contribution is -0.140. The molecule has 0 heterocycles. The van der Waals surface area contributed by atoms with Crippen LogP contribution in [0.4, 0.5) is 5.69 Å². The molecule has 0 saturated heterocycles. The Morgan fingerprint density at radius 2 is 1.74 bits per heavy atom. The van der Waals surface area contributed by atoms with E-state index in [1.165, 1.54) is 24.1 Å².